The summed E-state index contributed by atoms with van der Waals surface area (Å²) in [5, 5.41) is 3.54. The van der Waals surface area contributed by atoms with Crippen LogP contribution in [-0.4, -0.2) is 13.7 Å². The Morgan fingerprint density at radius 3 is 2.57 bits per heavy atom. The topological polar surface area (TPSA) is 30.5 Å². The van der Waals surface area contributed by atoms with Crippen LogP contribution >= 0.6 is 15.9 Å². The summed E-state index contributed by atoms with van der Waals surface area (Å²) in [7, 11) is 1.67. The molecule has 1 N–H and O–H groups in total. The zero-order chi connectivity index (χ0) is 16.7. The zero-order valence-electron chi connectivity index (χ0n) is 13.9. The molecule has 0 fully saturated rings. The molecule has 2 rings (SSSR count). The molecule has 0 bridgehead atoms. The average Bonchev–Trinajstić information content (AvgIpc) is 2.59. The van der Waals surface area contributed by atoms with Crippen molar-refractivity contribution in [2.75, 3.05) is 13.7 Å². The van der Waals surface area contributed by atoms with Gasteiger partial charge >= 0.3 is 0 Å². The summed E-state index contributed by atoms with van der Waals surface area (Å²) < 4.78 is 12.2. The van der Waals surface area contributed by atoms with Gasteiger partial charge in [-0.15, -0.1) is 0 Å². The molecule has 0 saturated heterocycles. The summed E-state index contributed by atoms with van der Waals surface area (Å²) in [4.78, 5) is 0. The largest absolute Gasteiger partial charge is 0.493 e. The first-order chi connectivity index (χ1) is 11.2. The van der Waals surface area contributed by atoms with E-state index in [1.807, 2.05) is 12.1 Å². The lowest BCUT2D eigenvalue weighted by Gasteiger charge is -2.17. The van der Waals surface area contributed by atoms with E-state index in [0.29, 0.717) is 6.61 Å². The van der Waals surface area contributed by atoms with Crippen LogP contribution < -0.4 is 14.8 Å². The van der Waals surface area contributed by atoms with Crippen LogP contribution in [0.25, 0.3) is 0 Å². The predicted octanol–water partition coefficient (Wildman–Crippen LogP) is 5.10. The van der Waals surface area contributed by atoms with Crippen LogP contribution in [0.4, 0.5) is 0 Å². The molecule has 124 valence electrons. The predicted molar refractivity (Wildman–Crippen MR) is 98.2 cm³/mol. The van der Waals surface area contributed by atoms with E-state index >= 15 is 0 Å². The fraction of sp³-hybridized carbons (Fsp3) is 0.368. The number of benzene rings is 2. The standard InChI is InChI=1S/C19H24BrNO2/c1-4-10-23-19-17(20)11-15(12-18(19)22-3)13-21-14(2)16-8-6-5-7-9-16/h5-9,11-12,14,21H,4,10,13H2,1-3H3/t14-/m1/s1. The highest BCUT2D eigenvalue weighted by molar-refractivity contribution is 9.10. The summed E-state index contributed by atoms with van der Waals surface area (Å²) in [5.41, 5.74) is 2.43. The molecule has 3 nitrogen and oxygen atoms in total. The van der Waals surface area contributed by atoms with Gasteiger partial charge in [0, 0.05) is 12.6 Å². The fourth-order valence-electron chi connectivity index (χ4n) is 2.35. The summed E-state index contributed by atoms with van der Waals surface area (Å²) in [6.07, 6.45) is 0.966. The van der Waals surface area contributed by atoms with Crippen LogP contribution in [-0.2, 0) is 6.54 Å². The van der Waals surface area contributed by atoms with Crippen molar-refractivity contribution in [2.24, 2.45) is 0 Å². The van der Waals surface area contributed by atoms with Gasteiger partial charge in [0.15, 0.2) is 11.5 Å². The molecule has 0 spiro atoms. The van der Waals surface area contributed by atoms with Gasteiger partial charge in [-0.3, -0.25) is 0 Å². The number of hydrogen-bond acceptors (Lipinski definition) is 3. The molecule has 0 saturated carbocycles. The second kappa shape index (κ2) is 8.94. The van der Waals surface area contributed by atoms with Crippen molar-refractivity contribution >= 4 is 15.9 Å². The van der Waals surface area contributed by atoms with E-state index in [0.717, 1.165) is 34.5 Å². The SMILES string of the molecule is CCCOc1c(Br)cc(CN[C@H](C)c2ccccc2)cc1OC. The normalized spacial score (nSPS) is 12.0. The maximum Gasteiger partial charge on any atom is 0.175 e. The molecule has 0 aliphatic heterocycles. The molecule has 2 aromatic rings. The molecule has 0 aromatic heterocycles. The molecule has 0 heterocycles. The maximum absolute atomic E-state index is 5.77. The first-order valence-corrected chi connectivity index (χ1v) is 8.72. The third kappa shape index (κ3) is 4.98. The highest BCUT2D eigenvalue weighted by Gasteiger charge is 2.12. The fourth-order valence-corrected chi connectivity index (χ4v) is 2.95. The lowest BCUT2D eigenvalue weighted by Crippen LogP contribution is -2.18. The summed E-state index contributed by atoms with van der Waals surface area (Å²) in [6.45, 7) is 5.70. The van der Waals surface area contributed by atoms with E-state index in [4.69, 9.17) is 9.47 Å². The van der Waals surface area contributed by atoms with Crippen LogP contribution in [0.5, 0.6) is 11.5 Å². The van der Waals surface area contributed by atoms with Gasteiger partial charge in [-0.1, -0.05) is 37.3 Å². The number of rotatable bonds is 8. The van der Waals surface area contributed by atoms with Crippen molar-refractivity contribution in [3.8, 4) is 11.5 Å². The molecule has 0 aliphatic carbocycles. The molecule has 0 amide bonds. The van der Waals surface area contributed by atoms with Crippen LogP contribution in [0, 0.1) is 0 Å². The average molecular weight is 378 g/mol. The van der Waals surface area contributed by atoms with Gasteiger partial charge in [-0.05, 0) is 52.5 Å². The molecule has 0 aliphatic rings. The van der Waals surface area contributed by atoms with Gasteiger partial charge in [0.05, 0.1) is 18.2 Å². The molecule has 4 heteroatoms. The Morgan fingerprint density at radius 1 is 1.17 bits per heavy atom. The number of hydrogen-bond donors (Lipinski definition) is 1. The summed E-state index contributed by atoms with van der Waals surface area (Å²) in [5.74, 6) is 1.53. The third-order valence-electron chi connectivity index (χ3n) is 3.65. The molecule has 23 heavy (non-hydrogen) atoms. The quantitative estimate of drug-likeness (QED) is 0.694. The van der Waals surface area contributed by atoms with E-state index in [1.165, 1.54) is 5.56 Å². The molecule has 0 unspecified atom stereocenters. The summed E-state index contributed by atoms with van der Waals surface area (Å²) in [6, 6.07) is 14.8. The molecule has 1 atom stereocenters. The number of nitrogens with one attached hydrogen (secondary N) is 1. The van der Waals surface area contributed by atoms with Crippen molar-refractivity contribution in [1.29, 1.82) is 0 Å². The smallest absolute Gasteiger partial charge is 0.175 e. The Labute approximate surface area is 147 Å². The number of halogens is 1. The van der Waals surface area contributed by atoms with Gasteiger partial charge in [-0.25, -0.2) is 0 Å². The zero-order valence-corrected chi connectivity index (χ0v) is 15.5. The van der Waals surface area contributed by atoms with E-state index in [9.17, 15) is 0 Å². The van der Waals surface area contributed by atoms with Gasteiger partial charge < -0.3 is 14.8 Å². The maximum atomic E-state index is 5.77. The molecule has 0 radical (unpaired) electrons. The minimum absolute atomic E-state index is 0.289. The summed E-state index contributed by atoms with van der Waals surface area (Å²) >= 11 is 3.59. The number of methoxy groups -OCH3 is 1. The van der Waals surface area contributed by atoms with Crippen LogP contribution in [0.3, 0.4) is 0 Å². The van der Waals surface area contributed by atoms with Crippen LogP contribution in [0.2, 0.25) is 0 Å². The van der Waals surface area contributed by atoms with Crippen molar-refractivity contribution in [2.45, 2.75) is 32.9 Å². The van der Waals surface area contributed by atoms with Gasteiger partial charge in [0.2, 0.25) is 0 Å². The first kappa shape index (κ1) is 17.8. The van der Waals surface area contributed by atoms with Crippen molar-refractivity contribution in [3.05, 3.63) is 58.1 Å². The van der Waals surface area contributed by atoms with Gasteiger partial charge in [0.25, 0.3) is 0 Å². The minimum atomic E-state index is 0.289. The van der Waals surface area contributed by atoms with Gasteiger partial charge in [-0.2, -0.15) is 0 Å². The van der Waals surface area contributed by atoms with Crippen molar-refractivity contribution in [1.82, 2.24) is 5.32 Å². The van der Waals surface area contributed by atoms with Gasteiger partial charge in [0.1, 0.15) is 0 Å². The Hall–Kier alpha value is -1.52. The lowest BCUT2D eigenvalue weighted by atomic mass is 10.1. The second-order valence-corrected chi connectivity index (χ2v) is 6.33. The van der Waals surface area contributed by atoms with Crippen LogP contribution in [0.1, 0.15) is 37.4 Å². The highest BCUT2D eigenvalue weighted by atomic mass is 79.9. The van der Waals surface area contributed by atoms with E-state index in [-0.39, 0.29) is 6.04 Å². The minimum Gasteiger partial charge on any atom is -0.493 e. The Bertz CT molecular complexity index is 616. The Balaban J connectivity index is 2.07. The van der Waals surface area contributed by atoms with E-state index < -0.39 is 0 Å². The Morgan fingerprint density at radius 2 is 1.91 bits per heavy atom. The molecular weight excluding hydrogens is 354 g/mol. The van der Waals surface area contributed by atoms with E-state index in [1.54, 1.807) is 7.11 Å². The lowest BCUT2D eigenvalue weighted by molar-refractivity contribution is 0.292. The van der Waals surface area contributed by atoms with Crippen molar-refractivity contribution < 1.29 is 9.47 Å². The third-order valence-corrected chi connectivity index (χ3v) is 4.24. The second-order valence-electron chi connectivity index (χ2n) is 5.47. The highest BCUT2D eigenvalue weighted by Crippen LogP contribution is 2.36. The monoisotopic (exact) mass is 377 g/mol. The molecule has 2 aromatic carbocycles. The number of ether oxygens (including phenoxy) is 2. The molecular formula is C19H24BrNO2. The van der Waals surface area contributed by atoms with Crippen LogP contribution in [0.15, 0.2) is 46.9 Å². The van der Waals surface area contributed by atoms with E-state index in [2.05, 4.69) is 65.4 Å². The van der Waals surface area contributed by atoms with Crippen molar-refractivity contribution in [3.63, 3.8) is 0 Å². The Kier molecular flexibility index (Phi) is 6.93. The first-order valence-electron chi connectivity index (χ1n) is 7.93.